The van der Waals surface area contributed by atoms with E-state index in [0.29, 0.717) is 18.7 Å². The zero-order valence-corrected chi connectivity index (χ0v) is 5.91. The van der Waals surface area contributed by atoms with Crippen LogP contribution in [-0.4, -0.2) is 17.6 Å². The molecule has 1 rings (SSSR count). The number of rotatable bonds is 3. The van der Waals surface area contributed by atoms with Gasteiger partial charge in [-0.15, -0.1) is 0 Å². The van der Waals surface area contributed by atoms with Gasteiger partial charge in [0.15, 0.2) is 0 Å². The van der Waals surface area contributed by atoms with Gasteiger partial charge in [0, 0.05) is 6.42 Å². The second-order valence-electron chi connectivity index (χ2n) is 2.15. The Morgan fingerprint density at radius 3 is 2.91 bits per heavy atom. The molecule has 0 aromatic carbocycles. The molecular weight excluding hydrogens is 146 g/mol. The van der Waals surface area contributed by atoms with E-state index in [-0.39, 0.29) is 5.56 Å². The van der Waals surface area contributed by atoms with Crippen LogP contribution in [0, 0.1) is 0 Å². The van der Waals surface area contributed by atoms with Gasteiger partial charge in [0.2, 0.25) is 0 Å². The van der Waals surface area contributed by atoms with E-state index in [9.17, 15) is 4.79 Å². The summed E-state index contributed by atoms with van der Waals surface area (Å²) in [7, 11) is 0. The SMILES string of the molecule is NCCc1cc(C(=O)O)co1. The average molecular weight is 155 g/mol. The van der Waals surface area contributed by atoms with E-state index in [1.165, 1.54) is 12.3 Å². The Balaban J connectivity index is 2.73. The Morgan fingerprint density at radius 2 is 2.45 bits per heavy atom. The highest BCUT2D eigenvalue weighted by Crippen LogP contribution is 2.07. The number of hydrogen-bond acceptors (Lipinski definition) is 3. The van der Waals surface area contributed by atoms with Crippen molar-refractivity contribution < 1.29 is 14.3 Å². The van der Waals surface area contributed by atoms with Crippen molar-refractivity contribution in [2.45, 2.75) is 6.42 Å². The van der Waals surface area contributed by atoms with Gasteiger partial charge in [-0.05, 0) is 12.6 Å². The first kappa shape index (κ1) is 7.81. The van der Waals surface area contributed by atoms with Crippen LogP contribution >= 0.6 is 0 Å². The van der Waals surface area contributed by atoms with E-state index in [1.54, 1.807) is 0 Å². The van der Waals surface area contributed by atoms with Crippen molar-refractivity contribution in [2.24, 2.45) is 5.73 Å². The Morgan fingerprint density at radius 1 is 1.73 bits per heavy atom. The number of hydrogen-bond donors (Lipinski definition) is 2. The monoisotopic (exact) mass is 155 g/mol. The van der Waals surface area contributed by atoms with Crippen molar-refractivity contribution in [1.82, 2.24) is 0 Å². The fraction of sp³-hybridized carbons (Fsp3) is 0.286. The highest BCUT2D eigenvalue weighted by Gasteiger charge is 2.06. The molecule has 3 N–H and O–H groups in total. The minimum atomic E-state index is -0.975. The fourth-order valence-electron chi connectivity index (χ4n) is 0.766. The van der Waals surface area contributed by atoms with Crippen molar-refractivity contribution in [3.8, 4) is 0 Å². The first-order valence-electron chi connectivity index (χ1n) is 3.25. The number of nitrogens with two attached hydrogens (primary N) is 1. The van der Waals surface area contributed by atoms with Crippen molar-refractivity contribution >= 4 is 5.97 Å². The lowest BCUT2D eigenvalue weighted by Gasteiger charge is -1.86. The number of carbonyl (C=O) groups is 1. The first-order chi connectivity index (χ1) is 5.24. The zero-order chi connectivity index (χ0) is 8.27. The molecule has 1 aromatic heterocycles. The van der Waals surface area contributed by atoms with E-state index in [0.717, 1.165) is 0 Å². The lowest BCUT2D eigenvalue weighted by molar-refractivity contribution is 0.0696. The highest BCUT2D eigenvalue weighted by atomic mass is 16.4. The Labute approximate surface area is 63.6 Å². The third-order valence-corrected chi connectivity index (χ3v) is 1.29. The summed E-state index contributed by atoms with van der Waals surface area (Å²) >= 11 is 0. The summed E-state index contributed by atoms with van der Waals surface area (Å²) in [6.07, 6.45) is 1.79. The van der Waals surface area contributed by atoms with Crippen molar-refractivity contribution in [2.75, 3.05) is 6.54 Å². The molecule has 0 saturated heterocycles. The van der Waals surface area contributed by atoms with Crippen LogP contribution in [0.25, 0.3) is 0 Å². The molecular formula is C7H9NO3. The van der Waals surface area contributed by atoms with Crippen molar-refractivity contribution in [3.63, 3.8) is 0 Å². The summed E-state index contributed by atoms with van der Waals surface area (Å²) in [5.74, 6) is -0.359. The maximum absolute atomic E-state index is 10.3. The van der Waals surface area contributed by atoms with Gasteiger partial charge < -0.3 is 15.3 Å². The zero-order valence-electron chi connectivity index (χ0n) is 5.91. The molecule has 0 aliphatic heterocycles. The van der Waals surface area contributed by atoms with Crippen molar-refractivity contribution in [3.05, 3.63) is 23.7 Å². The molecule has 4 heteroatoms. The van der Waals surface area contributed by atoms with Crippen LogP contribution in [0.4, 0.5) is 0 Å². The summed E-state index contributed by atoms with van der Waals surface area (Å²) in [6, 6.07) is 1.48. The van der Waals surface area contributed by atoms with Gasteiger partial charge in [-0.2, -0.15) is 0 Å². The van der Waals surface area contributed by atoms with Gasteiger partial charge in [-0.25, -0.2) is 4.79 Å². The quantitative estimate of drug-likeness (QED) is 0.665. The molecule has 0 amide bonds. The van der Waals surface area contributed by atoms with Crippen LogP contribution in [-0.2, 0) is 6.42 Å². The predicted octanol–water partition coefficient (Wildman–Crippen LogP) is 0.479. The topological polar surface area (TPSA) is 76.5 Å². The van der Waals surface area contributed by atoms with E-state index >= 15 is 0 Å². The van der Waals surface area contributed by atoms with Gasteiger partial charge in [-0.3, -0.25) is 0 Å². The van der Waals surface area contributed by atoms with Gasteiger partial charge in [0.25, 0.3) is 0 Å². The second-order valence-corrected chi connectivity index (χ2v) is 2.15. The average Bonchev–Trinajstić information content (AvgIpc) is 2.37. The highest BCUT2D eigenvalue weighted by molar-refractivity contribution is 5.87. The third kappa shape index (κ3) is 1.81. The number of carboxylic acids is 1. The molecule has 0 atom stereocenters. The first-order valence-corrected chi connectivity index (χ1v) is 3.25. The molecule has 1 aromatic rings. The van der Waals surface area contributed by atoms with Gasteiger partial charge in [0.1, 0.15) is 12.0 Å². The molecule has 11 heavy (non-hydrogen) atoms. The van der Waals surface area contributed by atoms with E-state index in [2.05, 4.69) is 0 Å². The molecule has 0 radical (unpaired) electrons. The van der Waals surface area contributed by atoms with Crippen LogP contribution in [0.5, 0.6) is 0 Å². The second kappa shape index (κ2) is 3.21. The van der Waals surface area contributed by atoms with Crippen LogP contribution in [0.3, 0.4) is 0 Å². The lowest BCUT2D eigenvalue weighted by atomic mass is 10.3. The van der Waals surface area contributed by atoms with E-state index in [1.807, 2.05) is 0 Å². The van der Waals surface area contributed by atoms with Crippen LogP contribution in [0.2, 0.25) is 0 Å². The van der Waals surface area contributed by atoms with Crippen molar-refractivity contribution in [1.29, 1.82) is 0 Å². The largest absolute Gasteiger partial charge is 0.478 e. The summed E-state index contributed by atoms with van der Waals surface area (Å²) < 4.78 is 4.91. The summed E-state index contributed by atoms with van der Waals surface area (Å²) in [6.45, 7) is 0.465. The summed E-state index contributed by atoms with van der Waals surface area (Å²) in [4.78, 5) is 10.3. The normalized spacial score (nSPS) is 9.91. The molecule has 0 aliphatic rings. The number of aromatic carboxylic acids is 1. The number of carboxylic acid groups (broad SMARTS) is 1. The smallest absolute Gasteiger partial charge is 0.338 e. The molecule has 0 saturated carbocycles. The maximum Gasteiger partial charge on any atom is 0.338 e. The molecule has 60 valence electrons. The summed E-state index contributed by atoms with van der Waals surface area (Å²) in [5.41, 5.74) is 5.41. The van der Waals surface area contributed by atoms with Crippen LogP contribution in [0.1, 0.15) is 16.1 Å². The predicted molar refractivity (Wildman–Crippen MR) is 38.4 cm³/mol. The Hall–Kier alpha value is -1.29. The third-order valence-electron chi connectivity index (χ3n) is 1.29. The Bertz CT molecular complexity index is 254. The minimum Gasteiger partial charge on any atom is -0.478 e. The molecule has 4 nitrogen and oxygen atoms in total. The molecule has 0 fully saturated rings. The molecule has 0 unspecified atom stereocenters. The fourth-order valence-corrected chi connectivity index (χ4v) is 0.766. The molecule has 0 bridgehead atoms. The van der Waals surface area contributed by atoms with Gasteiger partial charge in [0.05, 0.1) is 5.56 Å². The molecule has 0 aliphatic carbocycles. The van der Waals surface area contributed by atoms with Gasteiger partial charge >= 0.3 is 5.97 Å². The lowest BCUT2D eigenvalue weighted by Crippen LogP contribution is -2.01. The van der Waals surface area contributed by atoms with Crippen LogP contribution < -0.4 is 5.73 Å². The van der Waals surface area contributed by atoms with Crippen LogP contribution in [0.15, 0.2) is 16.7 Å². The molecule has 0 spiro atoms. The Kier molecular flexibility index (Phi) is 2.28. The van der Waals surface area contributed by atoms with E-state index in [4.69, 9.17) is 15.3 Å². The molecule has 1 heterocycles. The minimum absolute atomic E-state index is 0.174. The standard InChI is InChI=1S/C7H9NO3/c8-2-1-6-3-5(4-11-6)7(9)10/h3-4H,1-2,8H2,(H,9,10). The van der Waals surface area contributed by atoms with Gasteiger partial charge in [-0.1, -0.05) is 0 Å². The summed E-state index contributed by atoms with van der Waals surface area (Å²) in [5, 5.41) is 8.48. The maximum atomic E-state index is 10.3. The number of furan rings is 1. The van der Waals surface area contributed by atoms with E-state index < -0.39 is 5.97 Å².